The third-order valence-corrected chi connectivity index (χ3v) is 2.10. The predicted octanol–water partition coefficient (Wildman–Crippen LogP) is 1.44. The van der Waals surface area contributed by atoms with Crippen molar-refractivity contribution in [3.05, 3.63) is 12.7 Å². The minimum absolute atomic E-state index is 0.0231. The molecule has 0 spiro atoms. The molecular formula is C12H17NO4. The number of carbonyl (C=O) groups is 2. The number of carbonyl (C=O) groups excluding carboxylic acids is 2. The van der Waals surface area contributed by atoms with Gasteiger partial charge in [-0.3, -0.25) is 9.59 Å². The van der Waals surface area contributed by atoms with Crippen molar-refractivity contribution in [1.29, 1.82) is 5.26 Å². The van der Waals surface area contributed by atoms with Crippen LogP contribution in [0, 0.1) is 23.2 Å². The molecule has 94 valence electrons. The number of ether oxygens (including phenoxy) is 2. The maximum Gasteiger partial charge on any atom is 0.323 e. The van der Waals surface area contributed by atoms with Crippen molar-refractivity contribution in [3.63, 3.8) is 0 Å². The van der Waals surface area contributed by atoms with E-state index >= 15 is 0 Å². The first-order valence-electron chi connectivity index (χ1n) is 5.39. The fraction of sp³-hybridized carbons (Fsp3) is 0.583. The quantitative estimate of drug-likeness (QED) is 0.496. The van der Waals surface area contributed by atoms with Crippen LogP contribution < -0.4 is 0 Å². The summed E-state index contributed by atoms with van der Waals surface area (Å²) in [5, 5.41) is 8.88. The van der Waals surface area contributed by atoms with Crippen molar-refractivity contribution in [1.82, 2.24) is 0 Å². The number of nitriles is 1. The predicted molar refractivity (Wildman–Crippen MR) is 60.7 cm³/mol. The van der Waals surface area contributed by atoms with Crippen LogP contribution in [0.25, 0.3) is 0 Å². The van der Waals surface area contributed by atoms with Gasteiger partial charge in [-0.1, -0.05) is 19.6 Å². The number of nitrogens with zero attached hydrogens (tertiary/aromatic N) is 1. The zero-order valence-corrected chi connectivity index (χ0v) is 10.1. The third kappa shape index (κ3) is 5.71. The topological polar surface area (TPSA) is 76.4 Å². The molecule has 0 bridgehead atoms. The zero-order valence-electron chi connectivity index (χ0n) is 10.1. The molecule has 0 radical (unpaired) electrons. The molecule has 0 aromatic heterocycles. The van der Waals surface area contributed by atoms with E-state index in [0.717, 1.165) is 0 Å². The van der Waals surface area contributed by atoms with Gasteiger partial charge in [0.1, 0.15) is 12.5 Å². The molecule has 0 aliphatic heterocycles. The molecule has 0 saturated carbocycles. The van der Waals surface area contributed by atoms with Crippen LogP contribution in [0.15, 0.2) is 12.7 Å². The molecule has 5 nitrogen and oxygen atoms in total. The van der Waals surface area contributed by atoms with Crippen molar-refractivity contribution in [3.8, 4) is 6.07 Å². The van der Waals surface area contributed by atoms with Crippen LogP contribution in [-0.2, 0) is 19.1 Å². The molecule has 0 N–H and O–H groups in total. The van der Waals surface area contributed by atoms with E-state index in [2.05, 4.69) is 6.58 Å². The molecule has 0 aliphatic carbocycles. The van der Waals surface area contributed by atoms with E-state index in [-0.39, 0.29) is 19.6 Å². The Morgan fingerprint density at radius 3 is 2.59 bits per heavy atom. The van der Waals surface area contributed by atoms with Gasteiger partial charge < -0.3 is 9.47 Å². The van der Waals surface area contributed by atoms with Crippen molar-refractivity contribution in [2.45, 2.75) is 20.3 Å². The molecule has 0 aromatic rings. The lowest BCUT2D eigenvalue weighted by molar-refractivity contribution is -0.148. The highest BCUT2D eigenvalue weighted by atomic mass is 16.5. The second kappa shape index (κ2) is 8.34. The van der Waals surface area contributed by atoms with E-state index in [1.54, 1.807) is 13.8 Å². The van der Waals surface area contributed by atoms with Gasteiger partial charge in [-0.05, 0) is 12.8 Å². The van der Waals surface area contributed by atoms with E-state index in [9.17, 15) is 9.59 Å². The van der Waals surface area contributed by atoms with Crippen LogP contribution in [-0.4, -0.2) is 25.2 Å². The van der Waals surface area contributed by atoms with Crippen molar-refractivity contribution in [2.75, 3.05) is 13.2 Å². The van der Waals surface area contributed by atoms with Crippen molar-refractivity contribution < 1.29 is 19.1 Å². The summed E-state index contributed by atoms with van der Waals surface area (Å²) in [5.41, 5.74) is 0. The van der Waals surface area contributed by atoms with E-state index < -0.39 is 23.8 Å². The number of esters is 2. The SMILES string of the molecule is C=CCOC(=O)[C@H](C#N)[C@@H](C)CC(=O)OCC. The summed E-state index contributed by atoms with van der Waals surface area (Å²) in [6.07, 6.45) is 1.44. The highest BCUT2D eigenvalue weighted by Crippen LogP contribution is 2.17. The lowest BCUT2D eigenvalue weighted by Crippen LogP contribution is -2.25. The molecule has 0 saturated heterocycles. The largest absolute Gasteiger partial charge is 0.466 e. The Morgan fingerprint density at radius 2 is 2.12 bits per heavy atom. The average Bonchev–Trinajstić information content (AvgIpc) is 2.27. The maximum atomic E-state index is 11.5. The van der Waals surface area contributed by atoms with Gasteiger partial charge in [0.25, 0.3) is 0 Å². The van der Waals surface area contributed by atoms with E-state index in [1.807, 2.05) is 6.07 Å². The van der Waals surface area contributed by atoms with Crippen molar-refractivity contribution in [2.24, 2.45) is 11.8 Å². The molecule has 0 fully saturated rings. The summed E-state index contributed by atoms with van der Waals surface area (Å²) >= 11 is 0. The Bertz CT molecular complexity index is 319. The minimum atomic E-state index is -0.959. The van der Waals surface area contributed by atoms with Crippen LogP contribution in [0.1, 0.15) is 20.3 Å². The maximum absolute atomic E-state index is 11.5. The summed E-state index contributed by atoms with van der Waals surface area (Å²) in [7, 11) is 0. The number of hydrogen-bond acceptors (Lipinski definition) is 5. The van der Waals surface area contributed by atoms with Crippen LogP contribution in [0.4, 0.5) is 0 Å². The van der Waals surface area contributed by atoms with Crippen LogP contribution in [0.3, 0.4) is 0 Å². The number of rotatable bonds is 7. The van der Waals surface area contributed by atoms with Crippen LogP contribution >= 0.6 is 0 Å². The van der Waals surface area contributed by atoms with Gasteiger partial charge in [-0.25, -0.2) is 0 Å². The minimum Gasteiger partial charge on any atom is -0.466 e. The van der Waals surface area contributed by atoms with E-state index in [0.29, 0.717) is 0 Å². The molecule has 17 heavy (non-hydrogen) atoms. The first-order valence-corrected chi connectivity index (χ1v) is 5.39. The smallest absolute Gasteiger partial charge is 0.323 e. The fourth-order valence-corrected chi connectivity index (χ4v) is 1.24. The van der Waals surface area contributed by atoms with Crippen LogP contribution in [0.5, 0.6) is 0 Å². The normalized spacial score (nSPS) is 13.0. The van der Waals surface area contributed by atoms with Crippen molar-refractivity contribution >= 4 is 11.9 Å². The van der Waals surface area contributed by atoms with Gasteiger partial charge in [0.2, 0.25) is 0 Å². The Morgan fingerprint density at radius 1 is 1.47 bits per heavy atom. The molecule has 0 aromatic carbocycles. The van der Waals surface area contributed by atoms with Gasteiger partial charge in [0.15, 0.2) is 0 Å². The molecule has 2 atom stereocenters. The average molecular weight is 239 g/mol. The third-order valence-electron chi connectivity index (χ3n) is 2.10. The van der Waals surface area contributed by atoms with Gasteiger partial charge in [-0.2, -0.15) is 5.26 Å². The highest BCUT2D eigenvalue weighted by molar-refractivity contribution is 5.77. The number of hydrogen-bond donors (Lipinski definition) is 0. The molecule has 5 heteroatoms. The van der Waals surface area contributed by atoms with Gasteiger partial charge in [0, 0.05) is 6.42 Å². The lowest BCUT2D eigenvalue weighted by atomic mass is 9.92. The van der Waals surface area contributed by atoms with E-state index in [4.69, 9.17) is 14.7 Å². The molecule has 0 heterocycles. The molecule has 0 amide bonds. The summed E-state index contributed by atoms with van der Waals surface area (Å²) in [4.78, 5) is 22.7. The highest BCUT2D eigenvalue weighted by Gasteiger charge is 2.28. The second-order valence-electron chi connectivity index (χ2n) is 3.51. The monoisotopic (exact) mass is 239 g/mol. The Balaban J connectivity index is 4.35. The van der Waals surface area contributed by atoms with Gasteiger partial charge in [0.05, 0.1) is 12.7 Å². The van der Waals surface area contributed by atoms with Gasteiger partial charge in [-0.15, -0.1) is 0 Å². The fourth-order valence-electron chi connectivity index (χ4n) is 1.24. The molecule has 0 aliphatic rings. The molecule has 0 rings (SSSR count). The Kier molecular flexibility index (Phi) is 7.44. The summed E-state index contributed by atoms with van der Waals surface area (Å²) in [6.45, 7) is 7.08. The first-order chi connectivity index (χ1) is 8.06. The summed E-state index contributed by atoms with van der Waals surface area (Å²) in [5.74, 6) is -2.45. The Labute approximate surface area is 101 Å². The standard InChI is InChI=1S/C12H17NO4/c1-4-6-17-12(15)10(8-13)9(3)7-11(14)16-5-2/h4,9-10H,1,5-7H2,2-3H3/t9-,10+/m0/s1. The zero-order chi connectivity index (χ0) is 13.3. The molecular weight excluding hydrogens is 222 g/mol. The van der Waals surface area contributed by atoms with Gasteiger partial charge >= 0.3 is 11.9 Å². The summed E-state index contributed by atoms with van der Waals surface area (Å²) in [6, 6.07) is 1.84. The first kappa shape index (κ1) is 15.2. The second-order valence-corrected chi connectivity index (χ2v) is 3.51. The van der Waals surface area contributed by atoms with E-state index in [1.165, 1.54) is 6.08 Å². The molecule has 0 unspecified atom stereocenters. The van der Waals surface area contributed by atoms with Crippen LogP contribution in [0.2, 0.25) is 0 Å². The Hall–Kier alpha value is -1.83. The summed E-state index contributed by atoms with van der Waals surface area (Å²) < 4.78 is 9.53. The lowest BCUT2D eigenvalue weighted by Gasteiger charge is -2.15.